The summed E-state index contributed by atoms with van der Waals surface area (Å²) >= 11 is 0. The van der Waals surface area contributed by atoms with E-state index in [1.807, 2.05) is 12.1 Å². The number of amides is 1. The summed E-state index contributed by atoms with van der Waals surface area (Å²) in [5.41, 5.74) is 3.82. The number of nitrogens with zero attached hydrogens (tertiary/aromatic N) is 4. The first-order chi connectivity index (χ1) is 17.1. The molecule has 0 bridgehead atoms. The van der Waals surface area contributed by atoms with Crippen LogP contribution in [0.2, 0.25) is 0 Å². The number of aromatic nitrogens is 2. The fourth-order valence-corrected chi connectivity index (χ4v) is 4.52. The highest BCUT2D eigenvalue weighted by molar-refractivity contribution is 5.79. The molecule has 2 heterocycles. The molecule has 36 heavy (non-hydrogen) atoms. The van der Waals surface area contributed by atoms with Gasteiger partial charge in [0.2, 0.25) is 5.91 Å². The molecule has 0 aliphatic carbocycles. The Balaban J connectivity index is 1.38. The highest BCUT2D eigenvalue weighted by Crippen LogP contribution is 2.31. The zero-order valence-corrected chi connectivity index (χ0v) is 20.9. The van der Waals surface area contributed by atoms with Crippen LogP contribution in [0.3, 0.4) is 0 Å². The van der Waals surface area contributed by atoms with E-state index in [4.69, 9.17) is 0 Å². The Hall–Kier alpha value is -3.17. The van der Waals surface area contributed by atoms with Crippen LogP contribution in [-0.4, -0.2) is 58.7 Å². The molecule has 192 valence electrons. The van der Waals surface area contributed by atoms with Crippen molar-refractivity contribution in [3.05, 3.63) is 82.2 Å². The molecule has 4 rings (SSSR count). The van der Waals surface area contributed by atoms with E-state index in [1.54, 1.807) is 19.9 Å². The third-order valence-corrected chi connectivity index (χ3v) is 6.68. The van der Waals surface area contributed by atoms with Gasteiger partial charge in [-0.15, -0.1) is 0 Å². The lowest BCUT2D eigenvalue weighted by Gasteiger charge is -2.32. The fraction of sp³-hybridized carbons (Fsp3) is 0.407. The normalized spacial score (nSPS) is 15.3. The van der Waals surface area contributed by atoms with Gasteiger partial charge in [0.15, 0.2) is 0 Å². The molecule has 1 N–H and O–H groups in total. The van der Waals surface area contributed by atoms with E-state index in [2.05, 4.69) is 39.4 Å². The van der Waals surface area contributed by atoms with Crippen LogP contribution >= 0.6 is 0 Å². The zero-order chi connectivity index (χ0) is 25.9. The van der Waals surface area contributed by atoms with Crippen molar-refractivity contribution in [2.24, 2.45) is 0 Å². The molecule has 2 aromatic carbocycles. The third kappa shape index (κ3) is 6.33. The number of rotatable bonds is 7. The molecule has 1 fully saturated rings. The van der Waals surface area contributed by atoms with Gasteiger partial charge >= 0.3 is 6.18 Å². The van der Waals surface area contributed by atoms with Crippen LogP contribution in [0.5, 0.6) is 0 Å². The summed E-state index contributed by atoms with van der Waals surface area (Å²) < 4.78 is 40.9. The molecular weight excluding hydrogens is 467 g/mol. The van der Waals surface area contributed by atoms with E-state index >= 15 is 0 Å². The number of likely N-dealkylation sites (N-methyl/N-ethyl adjacent to an activating group) is 1. The van der Waals surface area contributed by atoms with Crippen LogP contribution in [0.4, 0.5) is 13.2 Å². The minimum absolute atomic E-state index is 0.109. The van der Waals surface area contributed by atoms with Crippen LogP contribution in [0.25, 0.3) is 5.69 Å². The lowest BCUT2D eigenvalue weighted by molar-refractivity contribution is -0.137. The number of piperazine rings is 1. The number of alkyl halides is 3. The topological polar surface area (TPSA) is 53.4 Å². The van der Waals surface area contributed by atoms with E-state index in [1.165, 1.54) is 16.3 Å². The maximum atomic E-state index is 13.1. The van der Waals surface area contributed by atoms with Gasteiger partial charge in [-0.1, -0.05) is 30.3 Å². The average molecular weight is 500 g/mol. The second kappa shape index (κ2) is 10.8. The molecule has 1 aromatic heterocycles. The molecule has 0 radical (unpaired) electrons. The predicted octanol–water partition coefficient (Wildman–Crippen LogP) is 4.11. The van der Waals surface area contributed by atoms with Crippen molar-refractivity contribution in [1.29, 1.82) is 0 Å². The van der Waals surface area contributed by atoms with Gasteiger partial charge in [0, 0.05) is 50.5 Å². The summed E-state index contributed by atoms with van der Waals surface area (Å²) in [5.74, 6) is -0.158. The summed E-state index contributed by atoms with van der Waals surface area (Å²) in [6, 6.07) is 13.3. The molecule has 1 saturated heterocycles. The first-order valence-electron chi connectivity index (χ1n) is 12.1. The third-order valence-electron chi connectivity index (χ3n) is 6.68. The van der Waals surface area contributed by atoms with Gasteiger partial charge < -0.3 is 10.2 Å². The molecule has 9 heteroatoms. The Morgan fingerprint density at radius 3 is 2.42 bits per heavy atom. The van der Waals surface area contributed by atoms with E-state index in [0.717, 1.165) is 50.4 Å². The SMILES string of the molecule is Cc1nn(-c2cccc(C(F)(F)F)c2)c(C)c1CC(=O)NCc1cccc(CN2CCN(C)CC2)c1. The van der Waals surface area contributed by atoms with Crippen molar-refractivity contribution < 1.29 is 18.0 Å². The highest BCUT2D eigenvalue weighted by Gasteiger charge is 2.31. The maximum absolute atomic E-state index is 13.1. The molecule has 1 amide bonds. The molecule has 3 aromatic rings. The molecule has 0 saturated carbocycles. The number of halogens is 3. The van der Waals surface area contributed by atoms with Crippen LogP contribution < -0.4 is 5.32 Å². The van der Waals surface area contributed by atoms with Gasteiger partial charge in [-0.05, 0) is 50.2 Å². The van der Waals surface area contributed by atoms with Crippen LogP contribution in [0, 0.1) is 13.8 Å². The van der Waals surface area contributed by atoms with Crippen LogP contribution in [0.15, 0.2) is 48.5 Å². The maximum Gasteiger partial charge on any atom is 0.416 e. The number of benzene rings is 2. The van der Waals surface area contributed by atoms with Crippen molar-refractivity contribution in [2.75, 3.05) is 33.2 Å². The number of carbonyl (C=O) groups is 1. The van der Waals surface area contributed by atoms with E-state index in [0.29, 0.717) is 29.2 Å². The Bertz CT molecular complexity index is 1210. The van der Waals surface area contributed by atoms with Crippen molar-refractivity contribution in [2.45, 2.75) is 39.5 Å². The smallest absolute Gasteiger partial charge is 0.352 e. The largest absolute Gasteiger partial charge is 0.416 e. The fourth-order valence-electron chi connectivity index (χ4n) is 4.52. The van der Waals surface area contributed by atoms with Crippen molar-refractivity contribution in [3.8, 4) is 5.69 Å². The second-order valence-electron chi connectivity index (χ2n) is 9.46. The highest BCUT2D eigenvalue weighted by atomic mass is 19.4. The van der Waals surface area contributed by atoms with Crippen LogP contribution in [0.1, 0.15) is 33.6 Å². The predicted molar refractivity (Wildman–Crippen MR) is 133 cm³/mol. The minimum atomic E-state index is -4.43. The Kier molecular flexibility index (Phi) is 7.80. The summed E-state index contributed by atoms with van der Waals surface area (Å²) in [7, 11) is 2.14. The Morgan fingerprint density at radius 2 is 1.69 bits per heavy atom. The van der Waals surface area contributed by atoms with E-state index in [9.17, 15) is 18.0 Å². The molecule has 0 unspecified atom stereocenters. The average Bonchev–Trinajstić information content (AvgIpc) is 3.12. The van der Waals surface area contributed by atoms with Gasteiger partial charge in [-0.25, -0.2) is 4.68 Å². The standard InChI is InChI=1S/C27H32F3N5O/c1-19-25(20(2)35(32-19)24-9-5-8-23(15-24)27(28,29)30)16-26(36)31-17-21-6-4-7-22(14-21)18-34-12-10-33(3)11-13-34/h4-9,14-15H,10-13,16-18H2,1-3H3,(H,31,36). The molecule has 0 atom stereocenters. The summed E-state index contributed by atoms with van der Waals surface area (Å²) in [6.07, 6.45) is -4.33. The molecule has 6 nitrogen and oxygen atoms in total. The van der Waals surface area contributed by atoms with Gasteiger partial charge in [0.25, 0.3) is 0 Å². The number of nitrogens with one attached hydrogen (secondary N) is 1. The number of aryl methyl sites for hydroxylation is 1. The quantitative estimate of drug-likeness (QED) is 0.532. The van der Waals surface area contributed by atoms with Gasteiger partial charge in [-0.2, -0.15) is 18.3 Å². The van der Waals surface area contributed by atoms with Crippen molar-refractivity contribution in [1.82, 2.24) is 24.9 Å². The number of hydrogen-bond donors (Lipinski definition) is 1. The molecule has 0 spiro atoms. The lowest BCUT2D eigenvalue weighted by atomic mass is 10.1. The summed E-state index contributed by atoms with van der Waals surface area (Å²) in [5, 5.41) is 7.38. The molecular formula is C27H32F3N5O. The first kappa shape index (κ1) is 25.9. The Morgan fingerprint density at radius 1 is 1.00 bits per heavy atom. The summed E-state index contributed by atoms with van der Waals surface area (Å²) in [6.45, 7) is 9.07. The van der Waals surface area contributed by atoms with Gasteiger partial charge in [-0.3, -0.25) is 9.69 Å². The van der Waals surface area contributed by atoms with E-state index in [-0.39, 0.29) is 12.3 Å². The van der Waals surface area contributed by atoms with Crippen molar-refractivity contribution in [3.63, 3.8) is 0 Å². The second-order valence-corrected chi connectivity index (χ2v) is 9.46. The number of carbonyl (C=O) groups excluding carboxylic acids is 1. The molecule has 1 aliphatic heterocycles. The molecule has 1 aliphatic rings. The summed E-state index contributed by atoms with van der Waals surface area (Å²) in [4.78, 5) is 17.5. The number of hydrogen-bond acceptors (Lipinski definition) is 4. The first-order valence-corrected chi connectivity index (χ1v) is 12.1. The van der Waals surface area contributed by atoms with Gasteiger partial charge in [0.05, 0.1) is 23.4 Å². The van der Waals surface area contributed by atoms with Gasteiger partial charge in [0.1, 0.15) is 0 Å². The van der Waals surface area contributed by atoms with Crippen LogP contribution in [-0.2, 0) is 30.5 Å². The Labute approximate surface area is 209 Å². The minimum Gasteiger partial charge on any atom is -0.352 e. The monoisotopic (exact) mass is 499 g/mol. The lowest BCUT2D eigenvalue weighted by Crippen LogP contribution is -2.43. The zero-order valence-electron chi connectivity index (χ0n) is 20.9. The van der Waals surface area contributed by atoms with E-state index < -0.39 is 11.7 Å². The van der Waals surface area contributed by atoms with Crippen molar-refractivity contribution >= 4 is 5.91 Å².